The zero-order chi connectivity index (χ0) is 21.8. The van der Waals surface area contributed by atoms with Gasteiger partial charge >= 0.3 is 6.09 Å². The van der Waals surface area contributed by atoms with Gasteiger partial charge in [-0.05, 0) is 43.5 Å². The lowest BCUT2D eigenvalue weighted by molar-refractivity contribution is -0.0714. The first-order valence-corrected chi connectivity index (χ1v) is 11.1. The Morgan fingerprint density at radius 2 is 1.81 bits per heavy atom. The van der Waals surface area contributed by atoms with Gasteiger partial charge in [0.2, 0.25) is 0 Å². The van der Waals surface area contributed by atoms with Crippen LogP contribution in [0.2, 0.25) is 0 Å². The number of nitrogens with zero attached hydrogens (tertiary/aromatic N) is 2. The van der Waals surface area contributed by atoms with Crippen LogP contribution in [0.1, 0.15) is 42.5 Å². The van der Waals surface area contributed by atoms with E-state index >= 15 is 0 Å². The number of hydrogen-bond acceptors (Lipinski definition) is 5. The van der Waals surface area contributed by atoms with Crippen molar-refractivity contribution >= 4 is 6.09 Å². The highest BCUT2D eigenvalue weighted by Gasteiger charge is 2.45. The molecule has 6 heteroatoms. The fourth-order valence-corrected chi connectivity index (χ4v) is 4.66. The fraction of sp³-hybridized carbons (Fsp3) is 0.480. The van der Waals surface area contributed by atoms with Gasteiger partial charge in [-0.3, -0.25) is 4.90 Å². The summed E-state index contributed by atoms with van der Waals surface area (Å²) in [5.74, 6) is 0. The van der Waals surface area contributed by atoms with Crippen molar-refractivity contribution in [3.8, 4) is 0 Å². The molecule has 0 saturated carbocycles. The molecule has 4 rings (SSSR count). The van der Waals surface area contributed by atoms with Crippen LogP contribution >= 0.6 is 0 Å². The third-order valence-corrected chi connectivity index (χ3v) is 6.84. The van der Waals surface area contributed by atoms with E-state index in [0.717, 1.165) is 37.2 Å². The quantitative estimate of drug-likeness (QED) is 0.768. The van der Waals surface area contributed by atoms with Gasteiger partial charge < -0.3 is 20.1 Å². The van der Waals surface area contributed by atoms with Gasteiger partial charge in [-0.1, -0.05) is 54.6 Å². The van der Waals surface area contributed by atoms with E-state index in [1.165, 1.54) is 5.56 Å². The van der Waals surface area contributed by atoms with E-state index in [4.69, 9.17) is 15.2 Å². The Hall–Kier alpha value is -2.41. The van der Waals surface area contributed by atoms with E-state index < -0.39 is 0 Å². The molecule has 0 unspecified atom stereocenters. The molecule has 6 nitrogen and oxygen atoms in total. The van der Waals surface area contributed by atoms with Gasteiger partial charge in [0, 0.05) is 38.4 Å². The predicted octanol–water partition coefficient (Wildman–Crippen LogP) is 3.66. The smallest absolute Gasteiger partial charge is 0.410 e. The highest BCUT2D eigenvalue weighted by Crippen LogP contribution is 2.40. The molecule has 0 spiro atoms. The van der Waals surface area contributed by atoms with Crippen molar-refractivity contribution in [1.29, 1.82) is 0 Å². The number of carbonyl (C=O) groups is 1. The molecule has 166 valence electrons. The first-order chi connectivity index (χ1) is 15.0. The standard InChI is InChI=1S/C25H33N3O3/c1-19(26)21-8-10-22(11-9-21)25(12-14-30-15-13-25)27(2)23-16-28(17-23)24(29)31-18-20-6-4-3-5-7-20/h3-11,19,23H,12-18,26H2,1-2H3/t19-/m0/s1. The summed E-state index contributed by atoms with van der Waals surface area (Å²) in [7, 11) is 2.18. The molecule has 2 aromatic carbocycles. The Morgan fingerprint density at radius 3 is 2.42 bits per heavy atom. The second-order valence-corrected chi connectivity index (χ2v) is 8.76. The van der Waals surface area contributed by atoms with Crippen molar-refractivity contribution in [1.82, 2.24) is 9.80 Å². The molecule has 1 amide bonds. The molecule has 2 aliphatic rings. The lowest BCUT2D eigenvalue weighted by Crippen LogP contribution is -2.65. The zero-order valence-electron chi connectivity index (χ0n) is 18.5. The van der Waals surface area contributed by atoms with Crippen LogP contribution in [-0.4, -0.2) is 55.3 Å². The molecule has 2 heterocycles. The number of nitrogens with two attached hydrogens (primary N) is 1. The fourth-order valence-electron chi connectivity index (χ4n) is 4.66. The molecule has 0 bridgehead atoms. The lowest BCUT2D eigenvalue weighted by atomic mass is 9.79. The average molecular weight is 424 g/mol. The van der Waals surface area contributed by atoms with Crippen LogP contribution in [0.25, 0.3) is 0 Å². The third-order valence-electron chi connectivity index (χ3n) is 6.84. The monoisotopic (exact) mass is 423 g/mol. The number of ether oxygens (including phenoxy) is 2. The Morgan fingerprint density at radius 1 is 1.16 bits per heavy atom. The van der Waals surface area contributed by atoms with Gasteiger partial charge in [-0.2, -0.15) is 0 Å². The molecule has 2 saturated heterocycles. The minimum absolute atomic E-state index is 0.0273. The van der Waals surface area contributed by atoms with Gasteiger partial charge in [0.15, 0.2) is 0 Å². The van der Waals surface area contributed by atoms with Gasteiger partial charge in [0.1, 0.15) is 6.61 Å². The molecule has 2 aromatic rings. The summed E-state index contributed by atoms with van der Waals surface area (Å²) >= 11 is 0. The number of rotatable bonds is 6. The molecule has 0 radical (unpaired) electrons. The highest BCUT2D eigenvalue weighted by atomic mass is 16.6. The van der Waals surface area contributed by atoms with E-state index in [0.29, 0.717) is 25.7 Å². The average Bonchev–Trinajstić information content (AvgIpc) is 2.78. The first kappa shape index (κ1) is 21.8. The highest BCUT2D eigenvalue weighted by molar-refractivity contribution is 5.69. The van der Waals surface area contributed by atoms with Crippen LogP contribution in [0.15, 0.2) is 54.6 Å². The summed E-state index contributed by atoms with van der Waals surface area (Å²) in [6.07, 6.45) is 1.64. The van der Waals surface area contributed by atoms with Crippen LogP contribution in [0.3, 0.4) is 0 Å². The summed E-state index contributed by atoms with van der Waals surface area (Å²) < 4.78 is 11.2. The Balaban J connectivity index is 1.39. The van der Waals surface area contributed by atoms with Crippen molar-refractivity contribution < 1.29 is 14.3 Å². The summed E-state index contributed by atoms with van der Waals surface area (Å²) in [4.78, 5) is 16.7. The van der Waals surface area contributed by atoms with E-state index in [9.17, 15) is 4.79 Å². The number of hydrogen-bond donors (Lipinski definition) is 1. The Labute approximate surface area is 184 Å². The second kappa shape index (κ2) is 9.39. The van der Waals surface area contributed by atoms with Gasteiger partial charge in [-0.15, -0.1) is 0 Å². The molecule has 2 N–H and O–H groups in total. The minimum Gasteiger partial charge on any atom is -0.445 e. The first-order valence-electron chi connectivity index (χ1n) is 11.1. The summed E-state index contributed by atoms with van der Waals surface area (Å²) in [5.41, 5.74) is 9.40. The maximum Gasteiger partial charge on any atom is 0.410 e. The molecule has 2 fully saturated rings. The van der Waals surface area contributed by atoms with E-state index in [-0.39, 0.29) is 17.7 Å². The summed E-state index contributed by atoms with van der Waals surface area (Å²) in [6.45, 7) is 5.17. The maximum atomic E-state index is 12.4. The van der Waals surface area contributed by atoms with E-state index in [2.05, 4.69) is 36.2 Å². The Kier molecular flexibility index (Phi) is 6.60. The predicted molar refractivity (Wildman–Crippen MR) is 121 cm³/mol. The van der Waals surface area contributed by atoms with Crippen LogP contribution in [0.4, 0.5) is 4.79 Å². The third kappa shape index (κ3) is 4.61. The molecule has 0 aromatic heterocycles. The van der Waals surface area contributed by atoms with Crippen molar-refractivity contribution in [3.63, 3.8) is 0 Å². The molecular weight excluding hydrogens is 390 g/mol. The van der Waals surface area contributed by atoms with Crippen molar-refractivity contribution in [2.45, 2.75) is 44.0 Å². The van der Waals surface area contributed by atoms with Gasteiger partial charge in [-0.25, -0.2) is 4.79 Å². The van der Waals surface area contributed by atoms with Crippen LogP contribution in [0.5, 0.6) is 0 Å². The van der Waals surface area contributed by atoms with Crippen molar-refractivity contribution in [3.05, 3.63) is 71.3 Å². The number of likely N-dealkylation sites (tertiary alicyclic amines) is 1. The van der Waals surface area contributed by atoms with E-state index in [1.54, 1.807) is 4.90 Å². The largest absolute Gasteiger partial charge is 0.445 e. The van der Waals surface area contributed by atoms with Gasteiger partial charge in [0.25, 0.3) is 0 Å². The second-order valence-electron chi connectivity index (χ2n) is 8.76. The van der Waals surface area contributed by atoms with Crippen molar-refractivity contribution in [2.75, 3.05) is 33.4 Å². The molecule has 31 heavy (non-hydrogen) atoms. The molecule has 0 aliphatic carbocycles. The maximum absolute atomic E-state index is 12.4. The van der Waals surface area contributed by atoms with Crippen LogP contribution in [-0.2, 0) is 21.6 Å². The Bertz CT molecular complexity index is 857. The summed E-state index contributed by atoms with van der Waals surface area (Å²) in [5, 5.41) is 0. The molecule has 1 atom stereocenters. The van der Waals surface area contributed by atoms with Crippen molar-refractivity contribution in [2.24, 2.45) is 5.73 Å². The normalized spacial score (nSPS) is 19.7. The van der Waals surface area contributed by atoms with Crippen LogP contribution < -0.4 is 5.73 Å². The zero-order valence-corrected chi connectivity index (χ0v) is 18.5. The molecule has 2 aliphatic heterocycles. The summed E-state index contributed by atoms with van der Waals surface area (Å²) in [6, 6.07) is 18.8. The topological polar surface area (TPSA) is 68.0 Å². The minimum atomic E-state index is -0.240. The number of benzene rings is 2. The number of amides is 1. The van der Waals surface area contributed by atoms with E-state index in [1.807, 2.05) is 37.3 Å². The van der Waals surface area contributed by atoms with Crippen LogP contribution in [0, 0.1) is 0 Å². The SMILES string of the molecule is C[C@H](N)c1ccc(C2(N(C)C3CN(C(=O)OCc4ccccc4)C3)CCOCC2)cc1. The molecular formula is C25H33N3O3. The number of likely N-dealkylation sites (N-methyl/N-ethyl adjacent to an activating group) is 1. The van der Waals surface area contributed by atoms with Gasteiger partial charge in [0.05, 0.1) is 5.54 Å². The number of carbonyl (C=O) groups excluding carboxylic acids is 1. The lowest BCUT2D eigenvalue weighted by Gasteiger charge is -2.53.